The molecule has 0 saturated carbocycles. The number of nitrogens with two attached hydrogens (primary N) is 2. The Morgan fingerprint density at radius 3 is 2.19 bits per heavy atom. The zero-order valence-corrected chi connectivity index (χ0v) is 19.3. The second kappa shape index (κ2) is 12.2. The molecule has 32 heavy (non-hydrogen) atoms. The average molecular weight is 454 g/mol. The number of rotatable bonds is 11. The maximum absolute atomic E-state index is 13.2. The smallest absolute Gasteiger partial charge is 0.326 e. The van der Waals surface area contributed by atoms with Gasteiger partial charge in [0.2, 0.25) is 17.7 Å². The summed E-state index contributed by atoms with van der Waals surface area (Å²) in [6.45, 7) is 5.16. The Bertz CT molecular complexity index is 688. The summed E-state index contributed by atoms with van der Waals surface area (Å²) in [6, 6.07) is -3.04. The van der Waals surface area contributed by atoms with Crippen LogP contribution < -0.4 is 16.8 Å². The standard InChI is InChI=1S/C22H39N5O5/c1-3-14(2)18(24)21(30)26-12-6-9-16(26)19(28)25-15(8-4-5-11-23)20(29)27-13-7-10-17(27)22(31)32/h14-18H,3-13,23-24H2,1-2H3,(H,25,28)(H,31,32). The number of unbranched alkanes of at least 4 members (excludes halogenated alkanes) is 1. The second-order valence-electron chi connectivity index (χ2n) is 8.97. The van der Waals surface area contributed by atoms with Crippen LogP contribution >= 0.6 is 0 Å². The molecule has 0 spiro atoms. The lowest BCUT2D eigenvalue weighted by Crippen LogP contribution is -2.57. The third kappa shape index (κ3) is 6.19. The predicted octanol–water partition coefficient (Wildman–Crippen LogP) is 0.0402. The number of nitrogens with one attached hydrogen (secondary N) is 1. The van der Waals surface area contributed by atoms with E-state index in [1.165, 1.54) is 9.80 Å². The van der Waals surface area contributed by atoms with Crippen LogP contribution in [0.3, 0.4) is 0 Å². The van der Waals surface area contributed by atoms with Gasteiger partial charge in [-0.3, -0.25) is 14.4 Å². The monoisotopic (exact) mass is 453 g/mol. The normalized spacial score (nSPS) is 23.6. The molecule has 0 bridgehead atoms. The van der Waals surface area contributed by atoms with Crippen LogP contribution in [-0.2, 0) is 19.2 Å². The van der Waals surface area contributed by atoms with E-state index in [2.05, 4.69) is 5.32 Å². The molecule has 2 fully saturated rings. The largest absolute Gasteiger partial charge is 0.480 e. The molecule has 10 heteroatoms. The van der Waals surface area contributed by atoms with E-state index in [9.17, 15) is 24.3 Å². The molecule has 3 amide bonds. The number of carboxylic acids is 1. The number of hydrogen-bond acceptors (Lipinski definition) is 6. The van der Waals surface area contributed by atoms with Crippen molar-refractivity contribution in [1.82, 2.24) is 15.1 Å². The zero-order chi connectivity index (χ0) is 23.8. The summed E-state index contributed by atoms with van der Waals surface area (Å²) in [5.74, 6) is -2.04. The lowest BCUT2D eigenvalue weighted by atomic mass is 9.98. The Labute approximate surface area is 190 Å². The Morgan fingerprint density at radius 1 is 1.03 bits per heavy atom. The number of carbonyl (C=O) groups excluding carboxylic acids is 3. The fourth-order valence-corrected chi connectivity index (χ4v) is 4.50. The summed E-state index contributed by atoms with van der Waals surface area (Å²) in [4.78, 5) is 53.6. The molecule has 2 heterocycles. The number of carbonyl (C=O) groups is 4. The van der Waals surface area contributed by atoms with E-state index in [1.807, 2.05) is 13.8 Å². The van der Waals surface area contributed by atoms with Crippen molar-refractivity contribution in [2.45, 2.75) is 89.4 Å². The van der Waals surface area contributed by atoms with Crippen molar-refractivity contribution in [3.8, 4) is 0 Å². The fraction of sp³-hybridized carbons (Fsp3) is 0.818. The Kier molecular flexibility index (Phi) is 9.89. The fourth-order valence-electron chi connectivity index (χ4n) is 4.50. The quantitative estimate of drug-likeness (QED) is 0.321. The predicted molar refractivity (Wildman–Crippen MR) is 119 cm³/mol. The first-order valence-corrected chi connectivity index (χ1v) is 11.8. The van der Waals surface area contributed by atoms with Gasteiger partial charge in [-0.2, -0.15) is 0 Å². The number of amides is 3. The maximum atomic E-state index is 13.2. The van der Waals surface area contributed by atoms with Gasteiger partial charge in [-0.1, -0.05) is 20.3 Å². The van der Waals surface area contributed by atoms with E-state index in [0.717, 1.165) is 6.42 Å². The van der Waals surface area contributed by atoms with E-state index in [4.69, 9.17) is 11.5 Å². The van der Waals surface area contributed by atoms with Gasteiger partial charge in [0, 0.05) is 13.1 Å². The van der Waals surface area contributed by atoms with Crippen LogP contribution in [0.2, 0.25) is 0 Å². The molecular formula is C22H39N5O5. The summed E-state index contributed by atoms with van der Waals surface area (Å²) in [5, 5.41) is 12.3. The number of hydrogen-bond donors (Lipinski definition) is 4. The van der Waals surface area contributed by atoms with Crippen LogP contribution in [0.5, 0.6) is 0 Å². The Hall–Kier alpha value is -2.20. The summed E-state index contributed by atoms with van der Waals surface area (Å²) in [6.07, 6.45) is 4.68. The zero-order valence-electron chi connectivity index (χ0n) is 19.3. The SMILES string of the molecule is CCC(C)C(N)C(=O)N1CCCC1C(=O)NC(CCCCN)C(=O)N1CCCC1C(=O)O. The van der Waals surface area contributed by atoms with Gasteiger partial charge in [-0.15, -0.1) is 0 Å². The maximum Gasteiger partial charge on any atom is 0.326 e. The van der Waals surface area contributed by atoms with Crippen molar-refractivity contribution in [3.05, 3.63) is 0 Å². The minimum absolute atomic E-state index is 0.000481. The highest BCUT2D eigenvalue weighted by Crippen LogP contribution is 2.23. The van der Waals surface area contributed by atoms with Gasteiger partial charge in [0.05, 0.1) is 6.04 Å². The molecule has 182 valence electrons. The van der Waals surface area contributed by atoms with Gasteiger partial charge in [-0.05, 0) is 57.4 Å². The van der Waals surface area contributed by atoms with Crippen molar-refractivity contribution >= 4 is 23.7 Å². The first kappa shape index (κ1) is 26.1. The third-order valence-electron chi connectivity index (χ3n) is 6.76. The molecule has 6 N–H and O–H groups in total. The Balaban J connectivity index is 2.12. The number of likely N-dealkylation sites (tertiary alicyclic amines) is 2. The highest BCUT2D eigenvalue weighted by atomic mass is 16.4. The molecule has 0 aromatic rings. The van der Waals surface area contributed by atoms with Crippen molar-refractivity contribution < 1.29 is 24.3 Å². The molecule has 0 radical (unpaired) electrons. The molecule has 2 rings (SSSR count). The molecule has 5 atom stereocenters. The first-order valence-electron chi connectivity index (χ1n) is 11.8. The number of nitrogens with zero attached hydrogens (tertiary/aromatic N) is 2. The molecule has 0 aromatic carbocycles. The van der Waals surface area contributed by atoms with Crippen LogP contribution in [0.15, 0.2) is 0 Å². The van der Waals surface area contributed by atoms with E-state index >= 15 is 0 Å². The third-order valence-corrected chi connectivity index (χ3v) is 6.76. The molecule has 2 aliphatic rings. The molecule has 10 nitrogen and oxygen atoms in total. The van der Waals surface area contributed by atoms with E-state index < -0.39 is 30.1 Å². The van der Waals surface area contributed by atoms with Gasteiger partial charge >= 0.3 is 5.97 Å². The summed E-state index contributed by atoms with van der Waals surface area (Å²) < 4.78 is 0. The van der Waals surface area contributed by atoms with Gasteiger partial charge in [0.15, 0.2) is 0 Å². The van der Waals surface area contributed by atoms with Crippen LogP contribution in [-0.4, -0.2) is 82.4 Å². The highest BCUT2D eigenvalue weighted by Gasteiger charge is 2.41. The summed E-state index contributed by atoms with van der Waals surface area (Å²) >= 11 is 0. The topological polar surface area (TPSA) is 159 Å². The van der Waals surface area contributed by atoms with Gasteiger partial charge in [-0.25, -0.2) is 4.79 Å². The molecule has 2 aliphatic heterocycles. The van der Waals surface area contributed by atoms with Crippen molar-refractivity contribution in [1.29, 1.82) is 0 Å². The molecule has 0 aromatic heterocycles. The summed E-state index contributed by atoms with van der Waals surface area (Å²) in [7, 11) is 0. The minimum atomic E-state index is -1.03. The van der Waals surface area contributed by atoms with Gasteiger partial charge in [0.1, 0.15) is 18.1 Å². The molecule has 5 unspecified atom stereocenters. The second-order valence-corrected chi connectivity index (χ2v) is 8.97. The van der Waals surface area contributed by atoms with Gasteiger partial charge < -0.3 is 31.7 Å². The average Bonchev–Trinajstić information content (AvgIpc) is 3.46. The van der Waals surface area contributed by atoms with Crippen LogP contribution in [0.25, 0.3) is 0 Å². The highest BCUT2D eigenvalue weighted by molar-refractivity contribution is 5.94. The first-order chi connectivity index (χ1) is 15.2. The van der Waals surface area contributed by atoms with Crippen LogP contribution in [0.4, 0.5) is 0 Å². The summed E-state index contributed by atoms with van der Waals surface area (Å²) in [5.41, 5.74) is 11.7. The number of aliphatic carboxylic acids is 1. The Morgan fingerprint density at radius 2 is 1.62 bits per heavy atom. The minimum Gasteiger partial charge on any atom is -0.480 e. The van der Waals surface area contributed by atoms with E-state index in [-0.39, 0.29) is 23.6 Å². The molecule has 2 saturated heterocycles. The van der Waals surface area contributed by atoms with Crippen molar-refractivity contribution in [3.63, 3.8) is 0 Å². The molecular weight excluding hydrogens is 414 g/mol. The lowest BCUT2D eigenvalue weighted by Gasteiger charge is -2.31. The lowest BCUT2D eigenvalue weighted by molar-refractivity contribution is -0.150. The van der Waals surface area contributed by atoms with Crippen molar-refractivity contribution in [2.75, 3.05) is 19.6 Å². The van der Waals surface area contributed by atoms with Crippen LogP contribution in [0, 0.1) is 5.92 Å². The van der Waals surface area contributed by atoms with E-state index in [0.29, 0.717) is 64.6 Å². The number of carboxylic acid groups (broad SMARTS) is 1. The van der Waals surface area contributed by atoms with Crippen LogP contribution in [0.1, 0.15) is 65.2 Å². The molecule has 0 aliphatic carbocycles. The van der Waals surface area contributed by atoms with Gasteiger partial charge in [0.25, 0.3) is 0 Å². The van der Waals surface area contributed by atoms with E-state index in [1.54, 1.807) is 0 Å². The van der Waals surface area contributed by atoms with Crippen molar-refractivity contribution in [2.24, 2.45) is 17.4 Å².